The molecule has 2 N–H and O–H groups in total. The molecule has 3 aromatic rings. The third-order valence-electron chi connectivity index (χ3n) is 4.02. The van der Waals surface area contributed by atoms with Gasteiger partial charge in [-0.05, 0) is 47.5 Å². The molecule has 0 radical (unpaired) electrons. The summed E-state index contributed by atoms with van der Waals surface area (Å²) in [6.45, 7) is 4.96. The largest absolute Gasteiger partial charge is 0.332 e. The normalized spacial score (nSPS) is 10.8. The molecule has 0 unspecified atom stereocenters. The van der Waals surface area contributed by atoms with Crippen molar-refractivity contribution < 1.29 is 0 Å². The van der Waals surface area contributed by atoms with Gasteiger partial charge in [0.25, 0.3) is 0 Å². The minimum Gasteiger partial charge on any atom is -0.332 e. The Hall–Kier alpha value is -2.37. The second-order valence-electron chi connectivity index (χ2n) is 6.37. The first-order chi connectivity index (χ1) is 12.5. The molecule has 4 nitrogen and oxygen atoms in total. The van der Waals surface area contributed by atoms with Crippen LogP contribution in [0.5, 0.6) is 0 Å². The number of thiocarbonyl (C=S) groups is 1. The van der Waals surface area contributed by atoms with Gasteiger partial charge in [0.1, 0.15) is 0 Å². The van der Waals surface area contributed by atoms with Crippen molar-refractivity contribution >= 4 is 40.3 Å². The number of halogens is 1. The Bertz CT molecular complexity index is 887. The fourth-order valence-corrected chi connectivity index (χ4v) is 2.99. The summed E-state index contributed by atoms with van der Waals surface area (Å²) in [5.41, 5.74) is 4.11. The molecule has 0 atom stereocenters. The van der Waals surface area contributed by atoms with Crippen LogP contribution in [0, 0.1) is 0 Å². The highest BCUT2D eigenvalue weighted by molar-refractivity contribution is 7.80. The molecule has 0 spiro atoms. The van der Waals surface area contributed by atoms with Crippen molar-refractivity contribution in [3.05, 3.63) is 77.1 Å². The first kappa shape index (κ1) is 18.4. The average Bonchev–Trinajstić information content (AvgIpc) is 3.04. The van der Waals surface area contributed by atoms with Crippen LogP contribution in [0.3, 0.4) is 0 Å². The van der Waals surface area contributed by atoms with Crippen LogP contribution < -0.4 is 10.6 Å². The number of anilines is 2. The molecule has 0 bridgehead atoms. The Kier molecular flexibility index (Phi) is 5.91. The number of aromatic nitrogens is 2. The van der Waals surface area contributed by atoms with Crippen molar-refractivity contribution in [1.29, 1.82) is 0 Å². The van der Waals surface area contributed by atoms with Gasteiger partial charge >= 0.3 is 0 Å². The van der Waals surface area contributed by atoms with Crippen LogP contribution in [0.25, 0.3) is 0 Å². The van der Waals surface area contributed by atoms with E-state index in [-0.39, 0.29) is 0 Å². The van der Waals surface area contributed by atoms with E-state index in [4.69, 9.17) is 23.8 Å². The molecule has 0 aliphatic carbocycles. The number of nitrogens with one attached hydrogen (secondary N) is 2. The summed E-state index contributed by atoms with van der Waals surface area (Å²) in [7, 11) is 0. The van der Waals surface area contributed by atoms with Crippen molar-refractivity contribution in [2.45, 2.75) is 26.3 Å². The molecule has 0 saturated carbocycles. The van der Waals surface area contributed by atoms with E-state index in [0.29, 0.717) is 17.6 Å². The SMILES string of the molecule is CC(C)c1ccc(NC(=S)Nc2cnn(Cc3ccccc3Cl)c2)cc1. The van der Waals surface area contributed by atoms with Crippen molar-refractivity contribution in [3.63, 3.8) is 0 Å². The minimum atomic E-state index is 0.512. The molecular formula is C20H21ClN4S. The van der Waals surface area contributed by atoms with Gasteiger partial charge in [0.05, 0.1) is 18.4 Å². The molecule has 3 rings (SSSR count). The van der Waals surface area contributed by atoms with E-state index in [9.17, 15) is 0 Å². The monoisotopic (exact) mass is 384 g/mol. The first-order valence-electron chi connectivity index (χ1n) is 8.45. The zero-order valence-corrected chi connectivity index (χ0v) is 16.3. The smallest absolute Gasteiger partial charge is 0.175 e. The zero-order valence-electron chi connectivity index (χ0n) is 14.7. The lowest BCUT2D eigenvalue weighted by atomic mass is 10.0. The van der Waals surface area contributed by atoms with Gasteiger partial charge in [0.15, 0.2) is 5.11 Å². The van der Waals surface area contributed by atoms with Crippen LogP contribution in [0.4, 0.5) is 11.4 Å². The topological polar surface area (TPSA) is 41.9 Å². The van der Waals surface area contributed by atoms with Crippen molar-refractivity contribution in [2.75, 3.05) is 10.6 Å². The number of hydrogen-bond acceptors (Lipinski definition) is 2. The molecule has 134 valence electrons. The summed E-state index contributed by atoms with van der Waals surface area (Å²) in [6, 6.07) is 16.0. The fourth-order valence-electron chi connectivity index (χ4n) is 2.56. The van der Waals surface area contributed by atoms with Crippen LogP contribution in [0.1, 0.15) is 30.9 Å². The summed E-state index contributed by atoms with van der Waals surface area (Å²) in [6.07, 6.45) is 3.64. The van der Waals surface area contributed by atoms with Gasteiger partial charge in [0.2, 0.25) is 0 Å². The predicted molar refractivity (Wildman–Crippen MR) is 113 cm³/mol. The molecule has 26 heavy (non-hydrogen) atoms. The van der Waals surface area contributed by atoms with Crippen molar-refractivity contribution in [3.8, 4) is 0 Å². The Morgan fingerprint density at radius 2 is 1.77 bits per heavy atom. The summed E-state index contributed by atoms with van der Waals surface area (Å²) in [5.74, 6) is 0.512. The van der Waals surface area contributed by atoms with E-state index < -0.39 is 0 Å². The molecule has 1 aromatic heterocycles. The van der Waals surface area contributed by atoms with E-state index in [0.717, 1.165) is 22.0 Å². The highest BCUT2D eigenvalue weighted by Crippen LogP contribution is 2.18. The van der Waals surface area contributed by atoms with Crippen LogP contribution in [-0.4, -0.2) is 14.9 Å². The van der Waals surface area contributed by atoms with E-state index in [2.05, 4.69) is 41.7 Å². The molecule has 6 heteroatoms. The van der Waals surface area contributed by atoms with Gasteiger partial charge in [-0.1, -0.05) is 55.8 Å². The maximum absolute atomic E-state index is 6.20. The van der Waals surface area contributed by atoms with Crippen LogP contribution in [0.15, 0.2) is 60.9 Å². The van der Waals surface area contributed by atoms with E-state index >= 15 is 0 Å². The molecule has 1 heterocycles. The lowest BCUT2D eigenvalue weighted by Crippen LogP contribution is -2.18. The molecular weight excluding hydrogens is 364 g/mol. The number of hydrogen-bond donors (Lipinski definition) is 2. The number of benzene rings is 2. The maximum atomic E-state index is 6.20. The zero-order chi connectivity index (χ0) is 18.5. The highest BCUT2D eigenvalue weighted by atomic mass is 35.5. The lowest BCUT2D eigenvalue weighted by molar-refractivity contribution is 0.687. The van der Waals surface area contributed by atoms with Gasteiger partial charge in [-0.3, -0.25) is 4.68 Å². The third kappa shape index (κ3) is 4.84. The molecule has 2 aromatic carbocycles. The molecule has 0 saturated heterocycles. The Balaban J connectivity index is 1.58. The Morgan fingerprint density at radius 3 is 2.46 bits per heavy atom. The summed E-state index contributed by atoms with van der Waals surface area (Å²) >= 11 is 11.6. The van der Waals surface area contributed by atoms with Crippen molar-refractivity contribution in [1.82, 2.24) is 9.78 Å². The lowest BCUT2D eigenvalue weighted by Gasteiger charge is -2.10. The molecule has 0 amide bonds. The molecule has 0 aliphatic rings. The quantitative estimate of drug-likeness (QED) is 0.568. The summed E-state index contributed by atoms with van der Waals surface area (Å²) < 4.78 is 1.82. The second kappa shape index (κ2) is 8.34. The van der Waals surface area contributed by atoms with Gasteiger partial charge < -0.3 is 10.6 Å². The van der Waals surface area contributed by atoms with Crippen LogP contribution >= 0.6 is 23.8 Å². The summed E-state index contributed by atoms with van der Waals surface area (Å²) in [4.78, 5) is 0. The third-order valence-corrected chi connectivity index (χ3v) is 4.59. The van der Waals surface area contributed by atoms with Gasteiger partial charge in [-0.2, -0.15) is 5.10 Å². The van der Waals surface area contributed by atoms with Gasteiger partial charge in [-0.15, -0.1) is 0 Å². The van der Waals surface area contributed by atoms with E-state index in [1.165, 1.54) is 5.56 Å². The summed E-state index contributed by atoms with van der Waals surface area (Å²) in [5, 5.41) is 12.0. The highest BCUT2D eigenvalue weighted by Gasteiger charge is 2.05. The van der Waals surface area contributed by atoms with Crippen LogP contribution in [0.2, 0.25) is 5.02 Å². The van der Waals surface area contributed by atoms with E-state index in [1.54, 1.807) is 6.20 Å². The Labute approximate surface area is 164 Å². The fraction of sp³-hybridized carbons (Fsp3) is 0.200. The number of rotatable bonds is 5. The Morgan fingerprint density at radius 1 is 1.08 bits per heavy atom. The number of nitrogens with zero attached hydrogens (tertiary/aromatic N) is 2. The average molecular weight is 385 g/mol. The minimum absolute atomic E-state index is 0.512. The first-order valence-corrected chi connectivity index (χ1v) is 9.23. The molecule has 0 aliphatic heterocycles. The van der Waals surface area contributed by atoms with Crippen molar-refractivity contribution in [2.24, 2.45) is 0 Å². The van der Waals surface area contributed by atoms with E-state index in [1.807, 2.05) is 47.3 Å². The van der Waals surface area contributed by atoms with Gasteiger partial charge in [-0.25, -0.2) is 0 Å². The second-order valence-corrected chi connectivity index (χ2v) is 7.19. The van der Waals surface area contributed by atoms with Gasteiger partial charge in [0, 0.05) is 16.9 Å². The van der Waals surface area contributed by atoms with Crippen LogP contribution in [-0.2, 0) is 6.54 Å². The maximum Gasteiger partial charge on any atom is 0.175 e. The standard InChI is InChI=1S/C20H21ClN4S/c1-14(2)15-7-9-17(10-8-15)23-20(26)24-18-11-22-25(13-18)12-16-5-3-4-6-19(16)21/h3-11,13-14H,12H2,1-2H3,(H2,23,24,26). The molecule has 0 fully saturated rings. The predicted octanol–water partition coefficient (Wildman–Crippen LogP) is 5.52.